The second kappa shape index (κ2) is 17.0. The van der Waals surface area contributed by atoms with E-state index in [0.717, 1.165) is 79.4 Å². The van der Waals surface area contributed by atoms with E-state index in [4.69, 9.17) is 14.6 Å². The number of halogens is 2. The van der Waals surface area contributed by atoms with E-state index in [0.29, 0.717) is 47.8 Å². The predicted molar refractivity (Wildman–Crippen MR) is 185 cm³/mol. The number of carboxylic acids is 1. The van der Waals surface area contributed by atoms with Gasteiger partial charge in [0.15, 0.2) is 0 Å². The van der Waals surface area contributed by atoms with Crippen molar-refractivity contribution in [3.8, 4) is 22.6 Å². The molecule has 0 spiro atoms. The summed E-state index contributed by atoms with van der Waals surface area (Å²) in [6.07, 6.45) is 7.38. The fraction of sp³-hybridized carbons (Fsp3) is 0.421. The molecule has 7 nitrogen and oxygen atoms in total. The molecule has 1 N–H and O–H groups in total. The summed E-state index contributed by atoms with van der Waals surface area (Å²) >= 11 is 0. The molecule has 0 atom stereocenters. The first kappa shape index (κ1) is 35.5. The summed E-state index contributed by atoms with van der Waals surface area (Å²) in [4.78, 5) is 26.2. The number of ether oxygens (including phenoxy) is 2. The van der Waals surface area contributed by atoms with Crippen LogP contribution in [0, 0.1) is 0 Å². The van der Waals surface area contributed by atoms with Gasteiger partial charge in [0.05, 0.1) is 19.4 Å². The third kappa shape index (κ3) is 9.33. The van der Waals surface area contributed by atoms with Crippen LogP contribution in [0.25, 0.3) is 17.2 Å². The number of carbonyl (C=O) groups excluding carboxylic acids is 1. The van der Waals surface area contributed by atoms with Crippen molar-refractivity contribution in [3.05, 3.63) is 70.8 Å². The van der Waals surface area contributed by atoms with Crippen LogP contribution < -0.4 is 19.3 Å². The first-order valence-electron chi connectivity index (χ1n) is 16.3. The van der Waals surface area contributed by atoms with Crippen LogP contribution in [-0.4, -0.2) is 51.7 Å². The van der Waals surface area contributed by atoms with Gasteiger partial charge < -0.3 is 24.4 Å². The van der Waals surface area contributed by atoms with Crippen LogP contribution >= 0.6 is 0 Å². The second-order valence-electron chi connectivity index (χ2n) is 12.2. The van der Waals surface area contributed by atoms with Crippen LogP contribution in [-0.2, 0) is 16.0 Å². The quantitative estimate of drug-likeness (QED) is 0.0888. The number of fused-ring (bicyclic) bond motifs is 1. The molecule has 252 valence electrons. The number of hydrogen-bond donors (Lipinski definition) is 1. The molecule has 0 fully saturated rings. The van der Waals surface area contributed by atoms with Crippen molar-refractivity contribution in [2.45, 2.75) is 71.1 Å². The molecule has 3 aromatic carbocycles. The van der Waals surface area contributed by atoms with E-state index in [9.17, 15) is 18.4 Å². The number of anilines is 3. The fourth-order valence-corrected chi connectivity index (χ4v) is 6.05. The monoisotopic (exact) mass is 648 g/mol. The molecular weight excluding hydrogens is 602 g/mol. The lowest BCUT2D eigenvalue weighted by atomic mass is 9.91. The summed E-state index contributed by atoms with van der Waals surface area (Å²) in [6.45, 7) is 2.94. The molecule has 0 radical (unpaired) electrons. The van der Waals surface area contributed by atoms with Gasteiger partial charge in [0.25, 0.3) is 6.43 Å². The molecule has 0 saturated heterocycles. The van der Waals surface area contributed by atoms with E-state index in [1.807, 2.05) is 67.5 Å². The van der Waals surface area contributed by atoms with Crippen LogP contribution in [0.3, 0.4) is 0 Å². The highest BCUT2D eigenvalue weighted by molar-refractivity contribution is 5.91. The highest BCUT2D eigenvalue weighted by Gasteiger charge is 2.27. The summed E-state index contributed by atoms with van der Waals surface area (Å²) in [5, 5.41) is 8.72. The van der Waals surface area contributed by atoms with Crippen molar-refractivity contribution in [2.75, 3.05) is 44.2 Å². The van der Waals surface area contributed by atoms with E-state index >= 15 is 0 Å². The molecule has 0 saturated carbocycles. The minimum Gasteiger partial charge on any atom is -0.497 e. The maximum atomic E-state index is 14.7. The zero-order valence-electron chi connectivity index (χ0n) is 27.9. The zero-order valence-corrected chi connectivity index (χ0v) is 27.9. The largest absolute Gasteiger partial charge is 0.497 e. The van der Waals surface area contributed by atoms with Gasteiger partial charge in [-0.1, -0.05) is 37.8 Å². The molecule has 3 aromatic rings. The molecule has 1 heterocycles. The number of hydrogen-bond acceptors (Lipinski definition) is 6. The maximum absolute atomic E-state index is 14.7. The molecular formula is C38H46F2N2O5. The lowest BCUT2D eigenvalue weighted by Gasteiger charge is -2.35. The predicted octanol–water partition coefficient (Wildman–Crippen LogP) is 9.25. The van der Waals surface area contributed by atoms with Crippen LogP contribution in [0.2, 0.25) is 0 Å². The van der Waals surface area contributed by atoms with Gasteiger partial charge in [0.2, 0.25) is 0 Å². The molecule has 0 aliphatic carbocycles. The summed E-state index contributed by atoms with van der Waals surface area (Å²) < 4.78 is 40.9. The number of carboxylic acid groups (broad SMARTS) is 1. The zero-order chi connectivity index (χ0) is 33.9. The first-order valence-corrected chi connectivity index (χ1v) is 16.3. The molecule has 0 amide bonds. The summed E-state index contributed by atoms with van der Waals surface area (Å²) in [5.41, 5.74) is 5.91. The number of rotatable bonds is 17. The van der Waals surface area contributed by atoms with Crippen LogP contribution in [0.1, 0.15) is 81.4 Å². The van der Waals surface area contributed by atoms with E-state index < -0.39 is 12.4 Å². The Kier molecular flexibility index (Phi) is 12.8. The Morgan fingerprint density at radius 3 is 2.32 bits per heavy atom. The minimum atomic E-state index is -2.68. The highest BCUT2D eigenvalue weighted by Crippen LogP contribution is 2.45. The minimum absolute atomic E-state index is 0.0374. The van der Waals surface area contributed by atoms with Gasteiger partial charge in [-0.25, -0.2) is 8.78 Å². The average Bonchev–Trinajstić information content (AvgIpc) is 3.06. The normalized spacial score (nSPS) is 13.0. The average molecular weight is 649 g/mol. The highest BCUT2D eigenvalue weighted by atomic mass is 19.3. The molecule has 47 heavy (non-hydrogen) atoms. The Hall–Kier alpha value is -4.40. The Balaban J connectivity index is 1.57. The van der Waals surface area contributed by atoms with Gasteiger partial charge in [0, 0.05) is 61.7 Å². The number of benzene rings is 3. The van der Waals surface area contributed by atoms with E-state index in [-0.39, 0.29) is 12.0 Å². The molecule has 1 aliphatic heterocycles. The van der Waals surface area contributed by atoms with E-state index in [1.165, 1.54) is 0 Å². The van der Waals surface area contributed by atoms with Crippen molar-refractivity contribution in [1.29, 1.82) is 0 Å². The Bertz CT molecular complexity index is 1550. The molecule has 4 rings (SSSR count). The van der Waals surface area contributed by atoms with Crippen LogP contribution in [0.5, 0.6) is 11.5 Å². The Morgan fingerprint density at radius 1 is 0.979 bits per heavy atom. The standard InChI is InChI=1S/C38H46F2N2O5/c1-26(25-43)20-33-35(41(2)3)22-30(46-4)23-36(33)42-18-11-12-28-21-31(32(38(39)40)24-34(28)42)27-14-16-29(17-15-27)47-19-10-8-6-5-7-9-13-37(44)45/h14-17,20-25,38H,5-13,18-19H2,1-4H3,(H,44,45)/b26-20-. The Labute approximate surface area is 276 Å². The Morgan fingerprint density at radius 2 is 1.68 bits per heavy atom. The lowest BCUT2D eigenvalue weighted by molar-refractivity contribution is -0.137. The molecule has 0 bridgehead atoms. The first-order chi connectivity index (χ1) is 22.6. The van der Waals surface area contributed by atoms with Crippen molar-refractivity contribution in [2.24, 2.45) is 0 Å². The van der Waals surface area contributed by atoms with Crippen molar-refractivity contribution < 1.29 is 33.0 Å². The molecule has 1 aliphatic rings. The van der Waals surface area contributed by atoms with Gasteiger partial charge in [-0.05, 0) is 85.2 Å². The number of allylic oxidation sites excluding steroid dienone is 1. The SMILES string of the molecule is COc1cc(N(C)C)c(/C=C(/C)C=O)c(N2CCCc3cc(-c4ccc(OCCCCCCCCC(=O)O)cc4)c(C(F)F)cc32)c1. The van der Waals surface area contributed by atoms with Gasteiger partial charge >= 0.3 is 5.97 Å². The van der Waals surface area contributed by atoms with Gasteiger partial charge in [-0.2, -0.15) is 0 Å². The smallest absolute Gasteiger partial charge is 0.303 e. The summed E-state index contributed by atoms with van der Waals surface area (Å²) in [5.74, 6) is 0.586. The van der Waals surface area contributed by atoms with Gasteiger partial charge in [-0.3, -0.25) is 9.59 Å². The molecule has 0 aromatic heterocycles. The van der Waals surface area contributed by atoms with Crippen LogP contribution in [0.15, 0.2) is 54.1 Å². The third-order valence-electron chi connectivity index (χ3n) is 8.50. The van der Waals surface area contributed by atoms with Gasteiger partial charge in [-0.15, -0.1) is 0 Å². The van der Waals surface area contributed by atoms with Gasteiger partial charge in [0.1, 0.15) is 17.8 Å². The number of aryl methyl sites for hydroxylation is 1. The molecule has 0 unspecified atom stereocenters. The number of nitrogens with zero attached hydrogens (tertiary/aromatic N) is 2. The van der Waals surface area contributed by atoms with E-state index in [2.05, 4.69) is 4.90 Å². The summed E-state index contributed by atoms with van der Waals surface area (Å²) in [7, 11) is 5.44. The van der Waals surface area contributed by atoms with Crippen molar-refractivity contribution in [3.63, 3.8) is 0 Å². The number of methoxy groups -OCH3 is 1. The summed E-state index contributed by atoms with van der Waals surface area (Å²) in [6, 6.07) is 14.7. The molecule has 9 heteroatoms. The van der Waals surface area contributed by atoms with Crippen molar-refractivity contribution in [1.82, 2.24) is 0 Å². The number of aliphatic carboxylic acids is 1. The number of aldehydes is 1. The number of carbonyl (C=O) groups is 2. The number of alkyl halides is 2. The third-order valence-corrected chi connectivity index (χ3v) is 8.50. The fourth-order valence-electron chi connectivity index (χ4n) is 6.05. The topological polar surface area (TPSA) is 79.3 Å². The lowest BCUT2D eigenvalue weighted by Crippen LogP contribution is -2.26. The van der Waals surface area contributed by atoms with Crippen LogP contribution in [0.4, 0.5) is 25.8 Å². The van der Waals surface area contributed by atoms with Crippen molar-refractivity contribution >= 4 is 35.4 Å². The van der Waals surface area contributed by atoms with E-state index in [1.54, 1.807) is 20.1 Å². The number of unbranched alkanes of at least 4 members (excludes halogenated alkanes) is 5. The maximum Gasteiger partial charge on any atom is 0.303 e. The second-order valence-corrected chi connectivity index (χ2v) is 12.2.